The molecule has 0 saturated carbocycles. The zero-order valence-corrected chi connectivity index (χ0v) is 22.1. The van der Waals surface area contributed by atoms with E-state index < -0.39 is 11.9 Å². The molecule has 0 N–H and O–H groups in total. The molecule has 1 amide bonds. The van der Waals surface area contributed by atoms with Crippen LogP contribution in [0.5, 0.6) is 5.75 Å². The number of nitrogens with zero attached hydrogens (tertiary/aromatic N) is 2. The highest BCUT2D eigenvalue weighted by Crippen LogP contribution is 2.43. The van der Waals surface area contributed by atoms with Crippen molar-refractivity contribution in [2.24, 2.45) is 0 Å². The molecule has 1 aliphatic heterocycles. The van der Waals surface area contributed by atoms with Gasteiger partial charge in [-0.25, -0.2) is 4.98 Å². The SMILES string of the molecule is CCCCCOc1ccc(C2c3c(oc4ccc(C)cc4c3=O)C(=O)N2c2nc(C)c(C(C)=O)s2)cc1. The minimum absolute atomic E-state index is 0.00322. The molecule has 0 saturated heterocycles. The molecule has 190 valence electrons. The molecule has 0 aliphatic carbocycles. The first-order chi connectivity index (χ1) is 17.8. The van der Waals surface area contributed by atoms with Gasteiger partial charge in [-0.2, -0.15) is 0 Å². The van der Waals surface area contributed by atoms with Gasteiger partial charge >= 0.3 is 0 Å². The van der Waals surface area contributed by atoms with Gasteiger partial charge in [0.25, 0.3) is 5.91 Å². The Morgan fingerprint density at radius 3 is 2.54 bits per heavy atom. The molecule has 1 aliphatic rings. The number of anilines is 1. The molecule has 5 rings (SSSR count). The van der Waals surface area contributed by atoms with Gasteiger partial charge in [0.2, 0.25) is 5.76 Å². The van der Waals surface area contributed by atoms with E-state index in [9.17, 15) is 14.4 Å². The number of aromatic nitrogens is 1. The number of rotatable bonds is 8. The van der Waals surface area contributed by atoms with E-state index in [1.807, 2.05) is 37.3 Å². The number of carbonyl (C=O) groups is 2. The van der Waals surface area contributed by atoms with Gasteiger partial charge < -0.3 is 9.15 Å². The number of fused-ring (bicyclic) bond motifs is 2. The van der Waals surface area contributed by atoms with Crippen LogP contribution >= 0.6 is 11.3 Å². The average Bonchev–Trinajstić information content (AvgIpc) is 3.40. The molecule has 37 heavy (non-hydrogen) atoms. The fourth-order valence-corrected chi connectivity index (χ4v) is 5.69. The lowest BCUT2D eigenvalue weighted by Gasteiger charge is -2.22. The second kappa shape index (κ2) is 9.94. The van der Waals surface area contributed by atoms with Crippen molar-refractivity contribution in [1.29, 1.82) is 0 Å². The van der Waals surface area contributed by atoms with Gasteiger partial charge in [0.1, 0.15) is 11.3 Å². The highest BCUT2D eigenvalue weighted by Gasteiger charge is 2.45. The molecule has 2 aromatic carbocycles. The summed E-state index contributed by atoms with van der Waals surface area (Å²) in [5, 5.41) is 0.776. The highest BCUT2D eigenvalue weighted by molar-refractivity contribution is 7.17. The second-order valence-electron chi connectivity index (χ2n) is 9.34. The van der Waals surface area contributed by atoms with E-state index in [2.05, 4.69) is 11.9 Å². The van der Waals surface area contributed by atoms with Gasteiger partial charge in [0.05, 0.1) is 34.2 Å². The Bertz CT molecular complexity index is 1570. The summed E-state index contributed by atoms with van der Waals surface area (Å²) in [5.41, 5.74) is 2.58. The summed E-state index contributed by atoms with van der Waals surface area (Å²) in [6.07, 6.45) is 3.20. The molecule has 0 spiro atoms. The van der Waals surface area contributed by atoms with Crippen molar-refractivity contribution in [3.63, 3.8) is 0 Å². The Balaban J connectivity index is 1.64. The van der Waals surface area contributed by atoms with Crippen molar-refractivity contribution in [1.82, 2.24) is 4.98 Å². The Hall–Kier alpha value is -3.78. The average molecular weight is 517 g/mol. The maximum atomic E-state index is 13.8. The number of amides is 1. The third kappa shape index (κ3) is 4.46. The van der Waals surface area contributed by atoms with Crippen molar-refractivity contribution < 1.29 is 18.7 Å². The third-order valence-electron chi connectivity index (χ3n) is 6.55. The van der Waals surface area contributed by atoms with Crippen LogP contribution < -0.4 is 15.1 Å². The van der Waals surface area contributed by atoms with E-state index in [-0.39, 0.29) is 22.5 Å². The number of Topliss-reactive ketones (excluding diaryl/α,β-unsaturated/α-hetero) is 1. The molecule has 8 heteroatoms. The van der Waals surface area contributed by atoms with E-state index in [0.29, 0.717) is 33.3 Å². The quantitative estimate of drug-likeness (QED) is 0.199. The van der Waals surface area contributed by atoms with E-state index in [0.717, 1.165) is 47.5 Å². The molecule has 0 fully saturated rings. The lowest BCUT2D eigenvalue weighted by Crippen LogP contribution is -2.29. The number of unbranched alkanes of at least 4 members (excludes halogenated alkanes) is 2. The summed E-state index contributed by atoms with van der Waals surface area (Å²) in [5.74, 6) is 0.148. The molecular weight excluding hydrogens is 488 g/mol. The van der Waals surface area contributed by atoms with E-state index >= 15 is 0 Å². The van der Waals surface area contributed by atoms with E-state index in [1.165, 1.54) is 11.8 Å². The fraction of sp³-hybridized carbons (Fsp3) is 0.310. The number of ether oxygens (including phenoxy) is 1. The van der Waals surface area contributed by atoms with Gasteiger partial charge in [-0.1, -0.05) is 54.9 Å². The van der Waals surface area contributed by atoms with Gasteiger partial charge in [0.15, 0.2) is 16.3 Å². The van der Waals surface area contributed by atoms with Crippen LogP contribution in [0.3, 0.4) is 0 Å². The summed E-state index contributed by atoms with van der Waals surface area (Å²) in [7, 11) is 0. The number of hydrogen-bond acceptors (Lipinski definition) is 7. The number of hydrogen-bond donors (Lipinski definition) is 0. The Morgan fingerprint density at radius 2 is 1.86 bits per heavy atom. The predicted molar refractivity (Wildman–Crippen MR) is 144 cm³/mol. The Labute approximate surface area is 218 Å². The van der Waals surface area contributed by atoms with Gasteiger partial charge in [-0.3, -0.25) is 19.3 Å². The molecular formula is C29H28N2O5S. The fourth-order valence-electron chi connectivity index (χ4n) is 4.70. The number of thiazole rings is 1. The maximum Gasteiger partial charge on any atom is 0.297 e. The molecule has 4 aromatic rings. The topological polar surface area (TPSA) is 89.7 Å². The van der Waals surface area contributed by atoms with E-state index in [1.54, 1.807) is 19.1 Å². The first-order valence-corrected chi connectivity index (χ1v) is 13.2. The largest absolute Gasteiger partial charge is 0.494 e. The smallest absolute Gasteiger partial charge is 0.297 e. The summed E-state index contributed by atoms with van der Waals surface area (Å²) < 4.78 is 11.9. The minimum atomic E-state index is -0.747. The molecule has 7 nitrogen and oxygen atoms in total. The lowest BCUT2D eigenvalue weighted by molar-refractivity contribution is 0.0969. The first kappa shape index (κ1) is 24.9. The Morgan fingerprint density at radius 1 is 1.11 bits per heavy atom. The van der Waals surface area contributed by atoms with Crippen molar-refractivity contribution in [3.8, 4) is 5.75 Å². The van der Waals surface area contributed by atoms with Crippen LogP contribution in [-0.2, 0) is 0 Å². The number of benzene rings is 2. The number of carbonyl (C=O) groups excluding carboxylic acids is 2. The minimum Gasteiger partial charge on any atom is -0.494 e. The number of aryl methyl sites for hydroxylation is 2. The normalized spacial score (nSPS) is 14.9. The zero-order chi connectivity index (χ0) is 26.3. The van der Waals surface area contributed by atoms with Crippen LogP contribution in [0.25, 0.3) is 11.0 Å². The van der Waals surface area contributed by atoms with Crippen molar-refractivity contribution >= 4 is 39.1 Å². The van der Waals surface area contributed by atoms with Crippen LogP contribution in [0.1, 0.15) is 81.8 Å². The summed E-state index contributed by atoms with van der Waals surface area (Å²) >= 11 is 1.15. The van der Waals surface area contributed by atoms with Gasteiger partial charge in [-0.15, -0.1) is 0 Å². The predicted octanol–water partition coefficient (Wildman–Crippen LogP) is 6.39. The van der Waals surface area contributed by atoms with Gasteiger partial charge in [0, 0.05) is 6.92 Å². The highest BCUT2D eigenvalue weighted by atomic mass is 32.1. The molecule has 0 radical (unpaired) electrons. The van der Waals surface area contributed by atoms with Crippen LogP contribution in [0.4, 0.5) is 5.13 Å². The monoisotopic (exact) mass is 516 g/mol. The van der Waals surface area contributed by atoms with Crippen LogP contribution in [0.15, 0.2) is 51.7 Å². The summed E-state index contributed by atoms with van der Waals surface area (Å²) in [6.45, 7) is 7.89. The lowest BCUT2D eigenvalue weighted by atomic mass is 9.98. The molecule has 1 atom stereocenters. The van der Waals surface area contributed by atoms with Crippen molar-refractivity contribution in [2.45, 2.75) is 53.0 Å². The summed E-state index contributed by atoms with van der Waals surface area (Å²) in [4.78, 5) is 46.2. The van der Waals surface area contributed by atoms with Gasteiger partial charge in [-0.05, 0) is 50.1 Å². The standard InChI is InChI=1S/C29H28N2O5S/c1-5-6-7-14-35-20-11-9-19(10-12-20)24-23-25(33)21-15-16(2)8-13-22(21)36-26(23)28(34)31(24)29-30-17(3)27(37-29)18(4)32/h8-13,15,24H,5-7,14H2,1-4H3. The van der Waals surface area contributed by atoms with Crippen molar-refractivity contribution in [3.05, 3.63) is 85.7 Å². The second-order valence-corrected chi connectivity index (χ2v) is 10.3. The Kier molecular flexibility index (Phi) is 6.69. The van der Waals surface area contributed by atoms with Crippen molar-refractivity contribution in [2.75, 3.05) is 11.5 Å². The molecule has 0 bridgehead atoms. The first-order valence-electron chi connectivity index (χ1n) is 12.4. The van der Waals surface area contributed by atoms with Crippen LogP contribution in [0, 0.1) is 13.8 Å². The molecule has 1 unspecified atom stereocenters. The third-order valence-corrected chi connectivity index (χ3v) is 7.81. The zero-order valence-electron chi connectivity index (χ0n) is 21.3. The van der Waals surface area contributed by atoms with Crippen LogP contribution in [0.2, 0.25) is 0 Å². The maximum absolute atomic E-state index is 13.8. The van der Waals surface area contributed by atoms with Crippen LogP contribution in [-0.4, -0.2) is 23.3 Å². The number of ketones is 1. The van der Waals surface area contributed by atoms with E-state index in [4.69, 9.17) is 9.15 Å². The summed E-state index contributed by atoms with van der Waals surface area (Å²) in [6, 6.07) is 12.0. The molecule has 3 heterocycles. The molecule has 2 aromatic heterocycles.